The minimum Gasteiger partial charge on any atom is -0.480 e. The van der Waals surface area contributed by atoms with Gasteiger partial charge < -0.3 is 5.11 Å². The van der Waals surface area contributed by atoms with Crippen LogP contribution in [0.3, 0.4) is 0 Å². The SMILES string of the molecule is CC(C(=O)O)S(=O)(=O)N[C@H](C)c1cccc(Br)c1. The van der Waals surface area contributed by atoms with E-state index in [0.717, 1.165) is 17.0 Å². The lowest BCUT2D eigenvalue weighted by molar-refractivity contribution is -0.136. The third-order valence-corrected chi connectivity index (χ3v) is 4.81. The van der Waals surface area contributed by atoms with Gasteiger partial charge in [-0.15, -0.1) is 0 Å². The van der Waals surface area contributed by atoms with E-state index in [-0.39, 0.29) is 0 Å². The second kappa shape index (κ2) is 5.81. The Morgan fingerprint density at radius 2 is 2.00 bits per heavy atom. The summed E-state index contributed by atoms with van der Waals surface area (Å²) in [5.41, 5.74) is 0.755. The molecule has 0 radical (unpaired) electrons. The summed E-state index contributed by atoms with van der Waals surface area (Å²) < 4.78 is 26.7. The topological polar surface area (TPSA) is 83.5 Å². The van der Waals surface area contributed by atoms with Crippen molar-refractivity contribution >= 4 is 31.9 Å². The molecule has 1 aromatic rings. The molecule has 0 aromatic heterocycles. The van der Waals surface area contributed by atoms with E-state index in [4.69, 9.17) is 5.11 Å². The maximum atomic E-state index is 11.7. The van der Waals surface area contributed by atoms with Gasteiger partial charge in [0.05, 0.1) is 0 Å². The molecular weight excluding hydrogens is 322 g/mol. The van der Waals surface area contributed by atoms with Crippen molar-refractivity contribution in [1.82, 2.24) is 4.72 Å². The molecule has 0 aliphatic carbocycles. The van der Waals surface area contributed by atoms with Crippen molar-refractivity contribution in [3.63, 3.8) is 0 Å². The van der Waals surface area contributed by atoms with E-state index in [0.29, 0.717) is 0 Å². The minimum atomic E-state index is -3.88. The monoisotopic (exact) mass is 335 g/mol. The van der Waals surface area contributed by atoms with Gasteiger partial charge in [-0.25, -0.2) is 13.1 Å². The van der Waals surface area contributed by atoms with Gasteiger partial charge in [0.1, 0.15) is 0 Å². The van der Waals surface area contributed by atoms with Gasteiger partial charge in [-0.2, -0.15) is 0 Å². The molecule has 0 amide bonds. The lowest BCUT2D eigenvalue weighted by Gasteiger charge is -2.16. The molecule has 1 aromatic carbocycles. The zero-order valence-electron chi connectivity index (χ0n) is 9.92. The number of halogens is 1. The van der Waals surface area contributed by atoms with Crippen molar-refractivity contribution in [2.45, 2.75) is 25.1 Å². The molecule has 5 nitrogen and oxygen atoms in total. The van der Waals surface area contributed by atoms with E-state index in [1.165, 1.54) is 0 Å². The molecule has 0 saturated heterocycles. The van der Waals surface area contributed by atoms with Gasteiger partial charge in [0.25, 0.3) is 0 Å². The van der Waals surface area contributed by atoms with Crippen molar-refractivity contribution in [3.05, 3.63) is 34.3 Å². The first-order chi connectivity index (χ1) is 8.24. The second-order valence-electron chi connectivity index (χ2n) is 3.92. The molecule has 0 aliphatic heterocycles. The minimum absolute atomic E-state index is 0.491. The first-order valence-electron chi connectivity index (χ1n) is 5.23. The van der Waals surface area contributed by atoms with Crippen LogP contribution in [-0.2, 0) is 14.8 Å². The van der Waals surface area contributed by atoms with Crippen LogP contribution < -0.4 is 4.72 Å². The smallest absolute Gasteiger partial charge is 0.323 e. The van der Waals surface area contributed by atoms with Crippen LogP contribution in [0, 0.1) is 0 Å². The molecule has 0 spiro atoms. The molecule has 2 N–H and O–H groups in total. The van der Waals surface area contributed by atoms with Crippen LogP contribution in [0.4, 0.5) is 0 Å². The number of sulfonamides is 1. The summed E-state index contributed by atoms with van der Waals surface area (Å²) in [6, 6.07) is 6.66. The Morgan fingerprint density at radius 3 is 2.50 bits per heavy atom. The van der Waals surface area contributed by atoms with Crippen LogP contribution in [0.2, 0.25) is 0 Å². The predicted molar refractivity (Wildman–Crippen MR) is 71.7 cm³/mol. The maximum Gasteiger partial charge on any atom is 0.323 e. The molecule has 7 heteroatoms. The van der Waals surface area contributed by atoms with E-state index in [1.807, 2.05) is 6.07 Å². The average Bonchev–Trinajstić information content (AvgIpc) is 2.27. The second-order valence-corrected chi connectivity index (χ2v) is 6.87. The molecule has 1 rings (SSSR count). The average molecular weight is 336 g/mol. The maximum absolute atomic E-state index is 11.7. The van der Waals surface area contributed by atoms with Gasteiger partial charge in [0, 0.05) is 10.5 Å². The molecular formula is C11H14BrNO4S. The number of nitrogens with one attached hydrogen (secondary N) is 1. The van der Waals surface area contributed by atoms with E-state index in [1.54, 1.807) is 25.1 Å². The Balaban J connectivity index is 2.88. The third kappa shape index (κ3) is 3.79. The molecule has 0 fully saturated rings. The summed E-state index contributed by atoms with van der Waals surface area (Å²) in [5, 5.41) is 7.24. The van der Waals surface area contributed by atoms with Crippen molar-refractivity contribution in [1.29, 1.82) is 0 Å². The highest BCUT2D eigenvalue weighted by Gasteiger charge is 2.29. The predicted octanol–water partition coefficient (Wildman–Crippen LogP) is 1.90. The first-order valence-corrected chi connectivity index (χ1v) is 7.57. The highest BCUT2D eigenvalue weighted by Crippen LogP contribution is 2.19. The van der Waals surface area contributed by atoms with E-state index in [2.05, 4.69) is 20.7 Å². The number of carboxylic acid groups (broad SMARTS) is 1. The van der Waals surface area contributed by atoms with Crippen LogP contribution in [0.25, 0.3) is 0 Å². The fourth-order valence-electron chi connectivity index (χ4n) is 1.33. The quantitative estimate of drug-likeness (QED) is 0.860. The summed E-state index contributed by atoms with van der Waals surface area (Å²) in [7, 11) is -3.88. The molecule has 0 heterocycles. The van der Waals surface area contributed by atoms with Gasteiger partial charge in [0.2, 0.25) is 10.0 Å². The van der Waals surface area contributed by atoms with Crippen LogP contribution in [0.5, 0.6) is 0 Å². The summed E-state index contributed by atoms with van der Waals surface area (Å²) in [6.45, 7) is 2.80. The normalized spacial score (nSPS) is 15.1. The Labute approximate surface area is 114 Å². The number of rotatable bonds is 5. The molecule has 100 valence electrons. The summed E-state index contributed by atoms with van der Waals surface area (Å²) in [5.74, 6) is -1.37. The fourth-order valence-corrected chi connectivity index (χ4v) is 2.84. The van der Waals surface area contributed by atoms with Crippen LogP contribution in [-0.4, -0.2) is 24.7 Å². The van der Waals surface area contributed by atoms with Gasteiger partial charge in [-0.1, -0.05) is 28.1 Å². The Kier molecular flexibility index (Phi) is 4.89. The molecule has 2 atom stereocenters. The van der Waals surface area contributed by atoms with Crippen molar-refractivity contribution in [2.75, 3.05) is 0 Å². The lowest BCUT2D eigenvalue weighted by Crippen LogP contribution is -2.38. The van der Waals surface area contributed by atoms with Crippen molar-refractivity contribution in [3.8, 4) is 0 Å². The number of hydrogen-bond acceptors (Lipinski definition) is 3. The van der Waals surface area contributed by atoms with Crippen LogP contribution >= 0.6 is 15.9 Å². The molecule has 0 saturated carbocycles. The van der Waals surface area contributed by atoms with Crippen molar-refractivity contribution < 1.29 is 18.3 Å². The fraction of sp³-hybridized carbons (Fsp3) is 0.364. The van der Waals surface area contributed by atoms with Gasteiger partial charge in [0.15, 0.2) is 5.25 Å². The Hall–Kier alpha value is -0.920. The third-order valence-electron chi connectivity index (χ3n) is 2.50. The number of aliphatic carboxylic acids is 1. The highest BCUT2D eigenvalue weighted by molar-refractivity contribution is 9.10. The van der Waals surface area contributed by atoms with Crippen LogP contribution in [0.1, 0.15) is 25.5 Å². The molecule has 0 aliphatic rings. The van der Waals surface area contributed by atoms with Crippen molar-refractivity contribution in [2.24, 2.45) is 0 Å². The van der Waals surface area contributed by atoms with Gasteiger partial charge >= 0.3 is 5.97 Å². The number of benzene rings is 1. The number of carbonyl (C=O) groups is 1. The van der Waals surface area contributed by atoms with Gasteiger partial charge in [-0.05, 0) is 31.5 Å². The summed E-state index contributed by atoms with van der Waals surface area (Å²) in [6.07, 6.45) is 0. The highest BCUT2D eigenvalue weighted by atomic mass is 79.9. The van der Waals surface area contributed by atoms with E-state index in [9.17, 15) is 13.2 Å². The number of hydrogen-bond donors (Lipinski definition) is 2. The number of carboxylic acids is 1. The van der Waals surface area contributed by atoms with Gasteiger partial charge in [-0.3, -0.25) is 4.79 Å². The van der Waals surface area contributed by atoms with E-state index >= 15 is 0 Å². The summed E-state index contributed by atoms with van der Waals surface area (Å²) in [4.78, 5) is 10.7. The zero-order valence-corrected chi connectivity index (χ0v) is 12.3. The zero-order chi connectivity index (χ0) is 13.9. The standard InChI is InChI=1S/C11H14BrNO4S/c1-7(9-4-3-5-10(12)6-9)13-18(16,17)8(2)11(14)15/h3-8,13H,1-2H3,(H,14,15)/t7-,8?/m1/s1. The summed E-state index contributed by atoms with van der Waals surface area (Å²) >= 11 is 3.29. The van der Waals surface area contributed by atoms with Crippen LogP contribution in [0.15, 0.2) is 28.7 Å². The molecule has 1 unspecified atom stereocenters. The lowest BCUT2D eigenvalue weighted by atomic mass is 10.1. The van der Waals surface area contributed by atoms with E-state index < -0.39 is 27.3 Å². The molecule has 0 bridgehead atoms. The first kappa shape index (κ1) is 15.1. The Morgan fingerprint density at radius 1 is 1.39 bits per heavy atom. The Bertz CT molecular complexity index is 544. The molecule has 18 heavy (non-hydrogen) atoms. The largest absolute Gasteiger partial charge is 0.480 e.